The lowest BCUT2D eigenvalue weighted by Crippen LogP contribution is -2.46. The van der Waals surface area contributed by atoms with E-state index in [2.05, 4.69) is 32.0 Å². The molecule has 0 amide bonds. The van der Waals surface area contributed by atoms with Gasteiger partial charge in [0.2, 0.25) is 5.89 Å². The molecule has 2 aliphatic rings. The number of methoxy groups -OCH3 is 2. The van der Waals surface area contributed by atoms with Gasteiger partial charge in [0.1, 0.15) is 11.7 Å². The van der Waals surface area contributed by atoms with E-state index in [1.165, 1.54) is 12.8 Å². The highest BCUT2D eigenvalue weighted by atomic mass is 16.5. The Hall–Kier alpha value is -2.19. The second-order valence-electron chi connectivity index (χ2n) is 6.99. The summed E-state index contributed by atoms with van der Waals surface area (Å²) in [7, 11) is 5.39. The summed E-state index contributed by atoms with van der Waals surface area (Å²) < 4.78 is 16.5. The quantitative estimate of drug-likeness (QED) is 0.773. The van der Waals surface area contributed by atoms with Crippen molar-refractivity contribution in [1.29, 1.82) is 0 Å². The summed E-state index contributed by atoms with van der Waals surface area (Å²) in [6.07, 6.45) is 4.10. The van der Waals surface area contributed by atoms with Crippen molar-refractivity contribution in [2.24, 2.45) is 0 Å². The van der Waals surface area contributed by atoms with Gasteiger partial charge < -0.3 is 14.0 Å². The highest BCUT2D eigenvalue weighted by molar-refractivity contribution is 5.42. The van der Waals surface area contributed by atoms with Gasteiger partial charge in [0.25, 0.3) is 0 Å². The van der Waals surface area contributed by atoms with Crippen LogP contribution in [-0.2, 0) is 6.54 Å². The third kappa shape index (κ3) is 3.39. The summed E-state index contributed by atoms with van der Waals surface area (Å²) in [5, 5.41) is 4.17. The Morgan fingerprint density at radius 1 is 1.23 bits per heavy atom. The van der Waals surface area contributed by atoms with E-state index < -0.39 is 0 Å². The summed E-state index contributed by atoms with van der Waals surface area (Å²) in [6, 6.07) is 1.91. The fourth-order valence-electron chi connectivity index (χ4n) is 3.41. The second-order valence-corrected chi connectivity index (χ2v) is 6.99. The minimum absolute atomic E-state index is 0.0975. The van der Waals surface area contributed by atoms with Crippen molar-refractivity contribution in [2.75, 3.05) is 40.9 Å². The molecule has 0 radical (unpaired) electrons. The predicted octanol–water partition coefficient (Wildman–Crippen LogP) is 1.85. The van der Waals surface area contributed by atoms with Crippen LogP contribution in [0.3, 0.4) is 0 Å². The number of ether oxygens (including phenoxy) is 2. The van der Waals surface area contributed by atoms with E-state index in [0.29, 0.717) is 29.9 Å². The van der Waals surface area contributed by atoms with Crippen LogP contribution in [0.15, 0.2) is 16.8 Å². The summed E-state index contributed by atoms with van der Waals surface area (Å²) in [5.74, 6) is 3.47. The third-order valence-electron chi connectivity index (χ3n) is 5.16. The molecule has 2 aromatic heterocycles. The topological polar surface area (TPSA) is 76.8 Å². The monoisotopic (exact) mass is 359 g/mol. The summed E-state index contributed by atoms with van der Waals surface area (Å²) in [4.78, 5) is 13.8. The number of piperazine rings is 1. The average molecular weight is 359 g/mol. The van der Waals surface area contributed by atoms with Crippen LogP contribution in [0, 0.1) is 0 Å². The Balaban J connectivity index is 1.49. The maximum atomic E-state index is 5.57. The van der Waals surface area contributed by atoms with Crippen molar-refractivity contribution in [3.8, 4) is 11.5 Å². The number of hydrogen-bond donors (Lipinski definition) is 0. The minimum atomic E-state index is 0.0975. The van der Waals surface area contributed by atoms with Crippen LogP contribution in [0.2, 0.25) is 0 Å². The van der Waals surface area contributed by atoms with Crippen LogP contribution in [0.4, 0.5) is 0 Å². The van der Waals surface area contributed by atoms with Gasteiger partial charge in [0.15, 0.2) is 17.3 Å². The summed E-state index contributed by atoms with van der Waals surface area (Å²) in [6.45, 7) is 3.37. The predicted molar refractivity (Wildman–Crippen MR) is 94.3 cm³/mol. The maximum absolute atomic E-state index is 5.57. The molecule has 2 fully saturated rings. The zero-order chi connectivity index (χ0) is 18.1. The molecule has 0 spiro atoms. The average Bonchev–Trinajstić information content (AvgIpc) is 3.40. The van der Waals surface area contributed by atoms with E-state index in [0.717, 1.165) is 31.2 Å². The number of rotatable bonds is 6. The van der Waals surface area contributed by atoms with Gasteiger partial charge in [0.05, 0.1) is 14.2 Å². The molecule has 1 aliphatic carbocycles. The molecule has 8 heteroatoms. The molecule has 0 bridgehead atoms. The maximum Gasteiger partial charge on any atom is 0.245 e. The lowest BCUT2D eigenvalue weighted by Gasteiger charge is -2.37. The first-order valence-corrected chi connectivity index (χ1v) is 9.01. The van der Waals surface area contributed by atoms with Gasteiger partial charge in [-0.25, -0.2) is 0 Å². The van der Waals surface area contributed by atoms with Crippen molar-refractivity contribution in [3.63, 3.8) is 0 Å². The first-order valence-electron chi connectivity index (χ1n) is 9.01. The number of nitrogens with zero attached hydrogens (tertiary/aromatic N) is 5. The molecule has 4 rings (SSSR count). The van der Waals surface area contributed by atoms with Crippen molar-refractivity contribution < 1.29 is 14.0 Å². The van der Waals surface area contributed by atoms with Gasteiger partial charge >= 0.3 is 0 Å². The fraction of sp³-hybridized carbons (Fsp3) is 0.611. The summed E-state index contributed by atoms with van der Waals surface area (Å²) in [5.41, 5.74) is 0.874. The van der Waals surface area contributed by atoms with Gasteiger partial charge in [-0.05, 0) is 19.9 Å². The smallest absolute Gasteiger partial charge is 0.245 e. The molecular formula is C18H25N5O3. The second kappa shape index (κ2) is 7.20. The highest BCUT2D eigenvalue weighted by Gasteiger charge is 2.34. The zero-order valence-electron chi connectivity index (χ0n) is 15.5. The zero-order valence-corrected chi connectivity index (χ0v) is 15.5. The highest BCUT2D eigenvalue weighted by Crippen LogP contribution is 2.39. The molecule has 26 heavy (non-hydrogen) atoms. The van der Waals surface area contributed by atoms with E-state index >= 15 is 0 Å². The fourth-order valence-corrected chi connectivity index (χ4v) is 3.41. The van der Waals surface area contributed by atoms with Crippen molar-refractivity contribution in [1.82, 2.24) is 24.9 Å². The Morgan fingerprint density at radius 2 is 2.08 bits per heavy atom. The number of pyridine rings is 1. The van der Waals surface area contributed by atoms with E-state index in [4.69, 9.17) is 14.0 Å². The minimum Gasteiger partial charge on any atom is -0.493 e. The number of likely N-dealkylation sites (N-methyl/N-ethyl adjacent to an activating group) is 1. The SMILES string of the molecule is COc1ccnc(CN2CCN(C)C(c3nc(C4CC4)no3)C2)c1OC. The Kier molecular flexibility index (Phi) is 4.78. The molecule has 1 atom stereocenters. The van der Waals surface area contributed by atoms with Crippen LogP contribution in [0.25, 0.3) is 0 Å². The van der Waals surface area contributed by atoms with Crippen LogP contribution < -0.4 is 9.47 Å². The lowest BCUT2D eigenvalue weighted by molar-refractivity contribution is 0.0701. The Morgan fingerprint density at radius 3 is 2.81 bits per heavy atom. The van der Waals surface area contributed by atoms with Gasteiger partial charge in [-0.1, -0.05) is 5.16 Å². The van der Waals surface area contributed by atoms with E-state index in [1.54, 1.807) is 20.4 Å². The summed E-state index contributed by atoms with van der Waals surface area (Å²) >= 11 is 0. The standard InChI is InChI=1S/C18H25N5O3/c1-22-8-9-23(10-13-16(25-3)15(24-2)6-7-19-13)11-14(22)18-20-17(21-26-18)12-4-5-12/h6-7,12,14H,4-5,8-11H2,1-3H3. The first kappa shape index (κ1) is 17.2. The van der Waals surface area contributed by atoms with Crippen LogP contribution in [0.1, 0.15) is 42.2 Å². The molecule has 1 saturated carbocycles. The molecule has 1 aliphatic heterocycles. The lowest BCUT2D eigenvalue weighted by atomic mass is 10.1. The van der Waals surface area contributed by atoms with Crippen LogP contribution in [0.5, 0.6) is 11.5 Å². The molecule has 3 heterocycles. The molecular weight excluding hydrogens is 334 g/mol. The van der Waals surface area contributed by atoms with Crippen molar-refractivity contribution >= 4 is 0 Å². The first-order chi connectivity index (χ1) is 12.7. The molecule has 140 valence electrons. The molecule has 1 unspecified atom stereocenters. The van der Waals surface area contributed by atoms with Crippen LogP contribution >= 0.6 is 0 Å². The number of hydrogen-bond acceptors (Lipinski definition) is 8. The van der Waals surface area contributed by atoms with E-state index in [9.17, 15) is 0 Å². The largest absolute Gasteiger partial charge is 0.493 e. The third-order valence-corrected chi connectivity index (χ3v) is 5.16. The van der Waals surface area contributed by atoms with Crippen LogP contribution in [-0.4, -0.2) is 65.8 Å². The van der Waals surface area contributed by atoms with Crippen molar-refractivity contribution in [2.45, 2.75) is 31.3 Å². The van der Waals surface area contributed by atoms with E-state index in [1.807, 2.05) is 6.07 Å². The van der Waals surface area contributed by atoms with Gasteiger partial charge in [0, 0.05) is 44.4 Å². The molecule has 0 aromatic carbocycles. The van der Waals surface area contributed by atoms with Crippen molar-refractivity contribution in [3.05, 3.63) is 29.7 Å². The Bertz CT molecular complexity index is 761. The van der Waals surface area contributed by atoms with Gasteiger partial charge in [-0.15, -0.1) is 0 Å². The van der Waals surface area contributed by atoms with Gasteiger partial charge in [-0.3, -0.25) is 14.8 Å². The number of aromatic nitrogens is 3. The molecule has 8 nitrogen and oxygen atoms in total. The molecule has 0 N–H and O–H groups in total. The Labute approximate surface area is 153 Å². The molecule has 1 saturated heterocycles. The molecule has 2 aromatic rings. The normalized spacial score (nSPS) is 21.7. The van der Waals surface area contributed by atoms with Gasteiger partial charge in [-0.2, -0.15) is 4.98 Å². The van der Waals surface area contributed by atoms with E-state index in [-0.39, 0.29) is 6.04 Å².